The second-order valence-electron chi connectivity index (χ2n) is 4.68. The minimum Gasteiger partial charge on any atom is -0.366 e. The van der Waals surface area contributed by atoms with Crippen LogP contribution in [0.4, 0.5) is 11.6 Å². The molecule has 1 atom stereocenters. The van der Waals surface area contributed by atoms with Crippen LogP contribution in [-0.4, -0.2) is 24.7 Å². The summed E-state index contributed by atoms with van der Waals surface area (Å²) in [6, 6.07) is 11.7. The van der Waals surface area contributed by atoms with Crippen molar-refractivity contribution < 1.29 is 8.42 Å². The minimum absolute atomic E-state index is 0.188. The van der Waals surface area contributed by atoms with Gasteiger partial charge in [-0.15, -0.1) is 10.2 Å². The molecule has 0 amide bonds. The van der Waals surface area contributed by atoms with Crippen LogP contribution < -0.4 is 10.0 Å². The summed E-state index contributed by atoms with van der Waals surface area (Å²) in [6.45, 7) is 4.10. The highest BCUT2D eigenvalue weighted by Gasteiger charge is 2.14. The van der Waals surface area contributed by atoms with E-state index < -0.39 is 10.0 Å². The summed E-state index contributed by atoms with van der Waals surface area (Å²) in [6.07, 6.45) is 0.962. The Morgan fingerprint density at radius 1 is 1.05 bits per heavy atom. The Kier molecular flexibility index (Phi) is 4.74. The quantitative estimate of drug-likeness (QED) is 0.856. The second kappa shape index (κ2) is 6.53. The Morgan fingerprint density at radius 2 is 1.67 bits per heavy atom. The highest BCUT2D eigenvalue weighted by atomic mass is 32.2. The Labute approximate surface area is 124 Å². The average molecular weight is 306 g/mol. The van der Waals surface area contributed by atoms with Gasteiger partial charge in [0.2, 0.25) is 0 Å². The first-order chi connectivity index (χ1) is 10.0. The number of rotatable bonds is 6. The van der Waals surface area contributed by atoms with Crippen molar-refractivity contribution in [2.75, 3.05) is 10.0 Å². The third kappa shape index (κ3) is 4.16. The van der Waals surface area contributed by atoms with E-state index in [9.17, 15) is 8.42 Å². The number of nitrogens with one attached hydrogen (secondary N) is 2. The lowest BCUT2D eigenvalue weighted by Gasteiger charge is -2.12. The first-order valence-electron chi connectivity index (χ1n) is 6.69. The number of anilines is 2. The zero-order valence-corrected chi connectivity index (χ0v) is 12.8. The molecule has 6 nitrogen and oxygen atoms in total. The average Bonchev–Trinajstić information content (AvgIpc) is 2.50. The Morgan fingerprint density at radius 3 is 2.24 bits per heavy atom. The van der Waals surface area contributed by atoms with E-state index in [1.807, 2.05) is 6.92 Å². The van der Waals surface area contributed by atoms with Crippen LogP contribution in [0.25, 0.3) is 0 Å². The Hall–Kier alpha value is -2.15. The van der Waals surface area contributed by atoms with Gasteiger partial charge in [-0.1, -0.05) is 25.1 Å². The van der Waals surface area contributed by atoms with Gasteiger partial charge in [0.05, 0.1) is 4.90 Å². The summed E-state index contributed by atoms with van der Waals surface area (Å²) in [5, 5.41) is 11.0. The molecule has 112 valence electrons. The SMILES string of the molecule is CCC(C)Nc1ccc(NS(=O)(=O)c2ccccc2)nn1. The fourth-order valence-electron chi connectivity index (χ4n) is 1.61. The van der Waals surface area contributed by atoms with Crippen LogP contribution in [0.2, 0.25) is 0 Å². The third-order valence-corrected chi connectivity index (χ3v) is 4.33. The van der Waals surface area contributed by atoms with Gasteiger partial charge in [-0.25, -0.2) is 8.42 Å². The van der Waals surface area contributed by atoms with E-state index in [-0.39, 0.29) is 16.8 Å². The van der Waals surface area contributed by atoms with Gasteiger partial charge in [0.25, 0.3) is 10.0 Å². The number of hydrogen-bond acceptors (Lipinski definition) is 5. The van der Waals surface area contributed by atoms with Gasteiger partial charge in [-0.2, -0.15) is 0 Å². The van der Waals surface area contributed by atoms with Gasteiger partial charge in [0, 0.05) is 6.04 Å². The van der Waals surface area contributed by atoms with Crippen molar-refractivity contribution in [3.05, 3.63) is 42.5 Å². The van der Waals surface area contributed by atoms with Crippen LogP contribution in [0.15, 0.2) is 47.4 Å². The molecule has 0 radical (unpaired) electrons. The van der Waals surface area contributed by atoms with E-state index in [1.165, 1.54) is 12.1 Å². The summed E-state index contributed by atoms with van der Waals surface area (Å²) < 4.78 is 26.6. The molecule has 7 heteroatoms. The van der Waals surface area contributed by atoms with E-state index in [2.05, 4.69) is 27.2 Å². The molecule has 0 saturated carbocycles. The van der Waals surface area contributed by atoms with Gasteiger partial charge in [0.15, 0.2) is 5.82 Å². The van der Waals surface area contributed by atoms with Crippen LogP contribution >= 0.6 is 0 Å². The second-order valence-corrected chi connectivity index (χ2v) is 6.36. The summed E-state index contributed by atoms with van der Waals surface area (Å²) in [5.74, 6) is 0.806. The first kappa shape index (κ1) is 15.2. The molecule has 0 saturated heterocycles. The lowest BCUT2D eigenvalue weighted by molar-refractivity contribution is 0.601. The van der Waals surface area contributed by atoms with Crippen LogP contribution in [0.5, 0.6) is 0 Å². The molecule has 0 aliphatic rings. The van der Waals surface area contributed by atoms with E-state index in [1.54, 1.807) is 30.3 Å². The number of aromatic nitrogens is 2. The molecule has 1 unspecified atom stereocenters. The molecular weight excluding hydrogens is 288 g/mol. The minimum atomic E-state index is -3.63. The van der Waals surface area contributed by atoms with Crippen molar-refractivity contribution >= 4 is 21.7 Å². The predicted octanol–water partition coefficient (Wildman–Crippen LogP) is 2.49. The summed E-state index contributed by atoms with van der Waals surface area (Å²) >= 11 is 0. The fraction of sp³-hybridized carbons (Fsp3) is 0.286. The standard InChI is InChI=1S/C14H18N4O2S/c1-3-11(2)15-13-9-10-14(17-16-13)18-21(19,20)12-7-5-4-6-8-12/h4-11H,3H2,1-2H3,(H,15,16)(H,17,18). The van der Waals surface area contributed by atoms with Crippen molar-refractivity contribution in [2.45, 2.75) is 31.2 Å². The van der Waals surface area contributed by atoms with Crippen LogP contribution in [0.1, 0.15) is 20.3 Å². The van der Waals surface area contributed by atoms with Gasteiger partial charge < -0.3 is 5.32 Å². The molecule has 2 aromatic rings. The van der Waals surface area contributed by atoms with Crippen molar-refractivity contribution in [3.63, 3.8) is 0 Å². The smallest absolute Gasteiger partial charge is 0.263 e. The predicted molar refractivity (Wildman–Crippen MR) is 82.7 cm³/mol. The van der Waals surface area contributed by atoms with Crippen molar-refractivity contribution in [1.29, 1.82) is 0 Å². The van der Waals surface area contributed by atoms with E-state index >= 15 is 0 Å². The lowest BCUT2D eigenvalue weighted by Crippen LogP contribution is -2.16. The van der Waals surface area contributed by atoms with Crippen LogP contribution in [0, 0.1) is 0 Å². The Balaban J connectivity index is 2.10. The van der Waals surface area contributed by atoms with Crippen LogP contribution in [0.3, 0.4) is 0 Å². The number of sulfonamides is 1. The molecule has 1 aromatic heterocycles. The summed E-state index contributed by atoms with van der Waals surface area (Å²) in [7, 11) is -3.63. The zero-order chi connectivity index (χ0) is 15.3. The van der Waals surface area contributed by atoms with Crippen LogP contribution in [-0.2, 0) is 10.0 Å². The molecule has 1 heterocycles. The zero-order valence-electron chi connectivity index (χ0n) is 11.9. The van der Waals surface area contributed by atoms with E-state index in [0.29, 0.717) is 5.82 Å². The molecule has 2 N–H and O–H groups in total. The van der Waals surface area contributed by atoms with Crippen molar-refractivity contribution in [2.24, 2.45) is 0 Å². The molecule has 1 aromatic carbocycles. The first-order valence-corrected chi connectivity index (χ1v) is 8.17. The van der Waals surface area contributed by atoms with E-state index in [0.717, 1.165) is 6.42 Å². The fourth-order valence-corrected chi connectivity index (χ4v) is 2.63. The molecule has 0 fully saturated rings. The van der Waals surface area contributed by atoms with Gasteiger partial charge in [-0.3, -0.25) is 4.72 Å². The monoisotopic (exact) mass is 306 g/mol. The molecule has 21 heavy (non-hydrogen) atoms. The lowest BCUT2D eigenvalue weighted by atomic mass is 10.2. The molecule has 0 spiro atoms. The van der Waals surface area contributed by atoms with E-state index in [4.69, 9.17) is 0 Å². The number of nitrogens with zero attached hydrogens (tertiary/aromatic N) is 2. The maximum Gasteiger partial charge on any atom is 0.263 e. The topological polar surface area (TPSA) is 84.0 Å². The summed E-state index contributed by atoms with van der Waals surface area (Å²) in [4.78, 5) is 0.189. The normalized spacial score (nSPS) is 12.7. The highest BCUT2D eigenvalue weighted by Crippen LogP contribution is 2.14. The molecule has 0 bridgehead atoms. The number of benzene rings is 1. The maximum absolute atomic E-state index is 12.1. The third-order valence-electron chi connectivity index (χ3n) is 2.96. The van der Waals surface area contributed by atoms with Crippen molar-refractivity contribution in [1.82, 2.24) is 10.2 Å². The highest BCUT2D eigenvalue weighted by molar-refractivity contribution is 7.92. The summed E-state index contributed by atoms with van der Waals surface area (Å²) in [5.41, 5.74) is 0. The maximum atomic E-state index is 12.1. The van der Waals surface area contributed by atoms with Crippen molar-refractivity contribution in [3.8, 4) is 0 Å². The number of hydrogen-bond donors (Lipinski definition) is 2. The van der Waals surface area contributed by atoms with Gasteiger partial charge in [0.1, 0.15) is 5.82 Å². The molecule has 0 aliphatic heterocycles. The van der Waals surface area contributed by atoms with Gasteiger partial charge in [-0.05, 0) is 37.6 Å². The van der Waals surface area contributed by atoms with Gasteiger partial charge >= 0.3 is 0 Å². The largest absolute Gasteiger partial charge is 0.366 e. The molecule has 0 aliphatic carbocycles. The molecular formula is C14H18N4O2S. The Bertz CT molecular complexity index is 672. The molecule has 2 rings (SSSR count).